The lowest BCUT2D eigenvalue weighted by Crippen LogP contribution is -2.35. The summed E-state index contributed by atoms with van der Waals surface area (Å²) in [7, 11) is 0. The van der Waals surface area contributed by atoms with Crippen molar-refractivity contribution in [1.29, 1.82) is 0 Å². The molecule has 118 valence electrons. The van der Waals surface area contributed by atoms with E-state index in [0.717, 1.165) is 32.0 Å². The molecule has 1 heterocycles. The maximum absolute atomic E-state index is 14.0. The van der Waals surface area contributed by atoms with Crippen molar-refractivity contribution in [3.05, 3.63) is 35.4 Å². The number of nitrogens with zero attached hydrogens (tertiary/aromatic N) is 1. The van der Waals surface area contributed by atoms with Crippen LogP contribution in [0.5, 0.6) is 0 Å². The Morgan fingerprint density at radius 2 is 2.00 bits per heavy atom. The van der Waals surface area contributed by atoms with Crippen LogP contribution in [-0.2, 0) is 0 Å². The first kappa shape index (κ1) is 16.4. The molecule has 21 heavy (non-hydrogen) atoms. The van der Waals surface area contributed by atoms with E-state index in [2.05, 4.69) is 18.7 Å². The lowest BCUT2D eigenvalue weighted by atomic mass is 9.89. The van der Waals surface area contributed by atoms with Crippen molar-refractivity contribution in [3.8, 4) is 0 Å². The zero-order valence-electron chi connectivity index (χ0n) is 13.0. The van der Waals surface area contributed by atoms with Crippen LogP contribution in [0.25, 0.3) is 0 Å². The van der Waals surface area contributed by atoms with Crippen molar-refractivity contribution in [2.45, 2.75) is 39.2 Å². The van der Waals surface area contributed by atoms with E-state index in [9.17, 15) is 8.78 Å². The van der Waals surface area contributed by atoms with Crippen LogP contribution < -0.4 is 5.73 Å². The van der Waals surface area contributed by atoms with Crippen LogP contribution in [-0.4, -0.2) is 24.5 Å². The van der Waals surface area contributed by atoms with Gasteiger partial charge in [0.05, 0.1) is 0 Å². The summed E-state index contributed by atoms with van der Waals surface area (Å²) in [5.74, 6) is 0.620. The molecule has 2 nitrogen and oxygen atoms in total. The molecule has 2 atom stereocenters. The molecule has 0 saturated carbocycles. The topological polar surface area (TPSA) is 29.3 Å². The molecule has 4 heteroatoms. The molecular formula is C17H26F2N2. The molecular weight excluding hydrogens is 270 g/mol. The minimum absolute atomic E-state index is 0.230. The second-order valence-electron chi connectivity index (χ2n) is 6.39. The van der Waals surface area contributed by atoms with E-state index in [1.54, 1.807) is 0 Å². The number of halogens is 2. The molecule has 1 saturated heterocycles. The summed E-state index contributed by atoms with van der Waals surface area (Å²) in [5.41, 5.74) is 6.26. The number of hydrogen-bond acceptors (Lipinski definition) is 2. The first-order valence-corrected chi connectivity index (χ1v) is 7.92. The Morgan fingerprint density at radius 3 is 2.67 bits per heavy atom. The summed E-state index contributed by atoms with van der Waals surface area (Å²) >= 11 is 0. The molecule has 0 aromatic heterocycles. The second kappa shape index (κ2) is 7.32. The third-order valence-corrected chi connectivity index (χ3v) is 4.73. The SMILES string of the molecule is CC(C)C1CCCN(C(CN)c2cc(F)ccc2F)CC1. The van der Waals surface area contributed by atoms with Crippen molar-refractivity contribution in [3.63, 3.8) is 0 Å². The Balaban J connectivity index is 2.15. The van der Waals surface area contributed by atoms with E-state index in [1.807, 2.05) is 0 Å². The predicted molar refractivity (Wildman–Crippen MR) is 81.9 cm³/mol. The van der Waals surface area contributed by atoms with Crippen LogP contribution in [0.4, 0.5) is 8.78 Å². The van der Waals surface area contributed by atoms with Gasteiger partial charge in [0.1, 0.15) is 11.6 Å². The first-order valence-electron chi connectivity index (χ1n) is 7.92. The lowest BCUT2D eigenvalue weighted by molar-refractivity contribution is 0.199. The van der Waals surface area contributed by atoms with Crippen LogP contribution in [0.1, 0.15) is 44.7 Å². The van der Waals surface area contributed by atoms with Gasteiger partial charge < -0.3 is 5.73 Å². The maximum atomic E-state index is 14.0. The molecule has 1 fully saturated rings. The van der Waals surface area contributed by atoms with Crippen LogP contribution in [0.2, 0.25) is 0 Å². The fourth-order valence-electron chi connectivity index (χ4n) is 3.37. The molecule has 2 rings (SSSR count). The quantitative estimate of drug-likeness (QED) is 0.917. The Hall–Kier alpha value is -1.00. The summed E-state index contributed by atoms with van der Waals surface area (Å²) in [6, 6.07) is 3.41. The molecule has 0 amide bonds. The monoisotopic (exact) mass is 296 g/mol. The van der Waals surface area contributed by atoms with Gasteiger partial charge in [-0.1, -0.05) is 13.8 Å². The Kier molecular flexibility index (Phi) is 5.71. The average molecular weight is 296 g/mol. The minimum atomic E-state index is -0.403. The van der Waals surface area contributed by atoms with Gasteiger partial charge in [-0.05, 0) is 62.4 Å². The van der Waals surface area contributed by atoms with Gasteiger partial charge in [0.15, 0.2) is 0 Å². The van der Waals surface area contributed by atoms with Crippen LogP contribution in [0.3, 0.4) is 0 Å². The highest BCUT2D eigenvalue weighted by atomic mass is 19.1. The first-order chi connectivity index (χ1) is 10.0. The third-order valence-electron chi connectivity index (χ3n) is 4.73. The van der Waals surface area contributed by atoms with E-state index in [-0.39, 0.29) is 11.9 Å². The molecule has 0 aliphatic carbocycles. The summed E-state index contributed by atoms with van der Waals surface area (Å²) < 4.78 is 27.5. The lowest BCUT2D eigenvalue weighted by Gasteiger charge is -2.30. The number of nitrogens with two attached hydrogens (primary N) is 1. The highest BCUT2D eigenvalue weighted by Crippen LogP contribution is 2.30. The van der Waals surface area contributed by atoms with Crippen molar-refractivity contribution in [2.24, 2.45) is 17.6 Å². The Morgan fingerprint density at radius 1 is 1.24 bits per heavy atom. The number of benzene rings is 1. The van der Waals surface area contributed by atoms with Gasteiger partial charge in [-0.2, -0.15) is 0 Å². The fourth-order valence-corrected chi connectivity index (χ4v) is 3.37. The van der Waals surface area contributed by atoms with E-state index in [4.69, 9.17) is 5.73 Å². The molecule has 1 aliphatic heterocycles. The highest BCUT2D eigenvalue weighted by molar-refractivity contribution is 5.23. The van der Waals surface area contributed by atoms with Gasteiger partial charge in [0.25, 0.3) is 0 Å². The van der Waals surface area contributed by atoms with Crippen LogP contribution in [0.15, 0.2) is 18.2 Å². The minimum Gasteiger partial charge on any atom is -0.329 e. The summed E-state index contributed by atoms with van der Waals surface area (Å²) in [5, 5.41) is 0. The number of rotatable bonds is 4. The van der Waals surface area contributed by atoms with E-state index in [0.29, 0.717) is 23.9 Å². The van der Waals surface area contributed by atoms with Gasteiger partial charge in [-0.25, -0.2) is 8.78 Å². The van der Waals surface area contributed by atoms with Gasteiger partial charge >= 0.3 is 0 Å². The van der Waals surface area contributed by atoms with E-state index >= 15 is 0 Å². The molecule has 1 aromatic carbocycles. The maximum Gasteiger partial charge on any atom is 0.128 e. The largest absolute Gasteiger partial charge is 0.329 e. The van der Waals surface area contributed by atoms with Gasteiger partial charge in [0, 0.05) is 18.2 Å². The highest BCUT2D eigenvalue weighted by Gasteiger charge is 2.26. The smallest absolute Gasteiger partial charge is 0.128 e. The van der Waals surface area contributed by atoms with Crippen LogP contribution in [0, 0.1) is 23.5 Å². The molecule has 1 aromatic rings. The Labute approximate surface area is 126 Å². The predicted octanol–water partition coefficient (Wildman–Crippen LogP) is 3.72. The molecule has 2 N–H and O–H groups in total. The molecule has 2 unspecified atom stereocenters. The summed E-state index contributed by atoms with van der Waals surface area (Å²) in [6.45, 7) is 6.63. The van der Waals surface area contributed by atoms with Crippen molar-refractivity contribution >= 4 is 0 Å². The van der Waals surface area contributed by atoms with Crippen molar-refractivity contribution in [1.82, 2.24) is 4.90 Å². The van der Waals surface area contributed by atoms with Crippen LogP contribution >= 0.6 is 0 Å². The van der Waals surface area contributed by atoms with Gasteiger partial charge in [-0.3, -0.25) is 4.90 Å². The number of hydrogen-bond donors (Lipinski definition) is 1. The molecule has 0 spiro atoms. The van der Waals surface area contributed by atoms with E-state index < -0.39 is 5.82 Å². The zero-order chi connectivity index (χ0) is 15.4. The molecule has 0 radical (unpaired) electrons. The summed E-state index contributed by atoms with van der Waals surface area (Å²) in [6.07, 6.45) is 3.40. The van der Waals surface area contributed by atoms with E-state index in [1.165, 1.54) is 18.6 Å². The molecule has 1 aliphatic rings. The third kappa shape index (κ3) is 4.01. The molecule has 0 bridgehead atoms. The fraction of sp³-hybridized carbons (Fsp3) is 0.647. The summed E-state index contributed by atoms with van der Waals surface area (Å²) in [4.78, 5) is 2.22. The van der Waals surface area contributed by atoms with Gasteiger partial charge in [-0.15, -0.1) is 0 Å². The Bertz CT molecular complexity index is 462. The zero-order valence-corrected chi connectivity index (χ0v) is 13.0. The van der Waals surface area contributed by atoms with Crippen molar-refractivity contribution in [2.75, 3.05) is 19.6 Å². The average Bonchev–Trinajstić information content (AvgIpc) is 2.70. The standard InChI is InChI=1S/C17H26F2N2/c1-12(2)13-4-3-8-21(9-7-13)17(11-20)15-10-14(18)5-6-16(15)19/h5-6,10,12-13,17H,3-4,7-9,11,20H2,1-2H3. The normalized spacial score (nSPS) is 22.3. The van der Waals surface area contributed by atoms with Crippen molar-refractivity contribution < 1.29 is 8.78 Å². The number of likely N-dealkylation sites (tertiary alicyclic amines) is 1. The second-order valence-corrected chi connectivity index (χ2v) is 6.39. The van der Waals surface area contributed by atoms with Gasteiger partial charge in [0.2, 0.25) is 0 Å².